The molecule has 0 radical (unpaired) electrons. The lowest BCUT2D eigenvalue weighted by Gasteiger charge is -2.11. The molecule has 3 aromatic carbocycles. The van der Waals surface area contributed by atoms with Gasteiger partial charge in [0.25, 0.3) is 20.2 Å². The molecular formula is C24H27N5O7S3. The predicted octanol–water partition coefficient (Wildman–Crippen LogP) is 6.22. The maximum atomic E-state index is 11.8. The van der Waals surface area contributed by atoms with Crippen LogP contribution in [0.2, 0.25) is 0 Å². The second-order valence-electron chi connectivity index (χ2n) is 8.62. The van der Waals surface area contributed by atoms with Gasteiger partial charge in [0.15, 0.2) is 0 Å². The molecule has 3 rings (SSSR count). The number of aryl methyl sites for hydroxylation is 3. The standard InChI is InChI=1S/C24H27N5O7S3/c1-14-10-20(15(2)9-18(14)25)27-29-22-11-16(3)21(13-23(22)36-7-4-8-38(30,31)32)28-26-19-6-5-17(37)12-24(19)39(33,34)35/h5-6,9-13,37H,4,7-8,25H2,1-3H3,(H,30,31,32)(H,33,34,35)/b28-26-,29-27-. The van der Waals surface area contributed by atoms with Crippen molar-refractivity contribution in [1.29, 1.82) is 0 Å². The van der Waals surface area contributed by atoms with Gasteiger partial charge in [0.1, 0.15) is 22.0 Å². The molecule has 0 bridgehead atoms. The van der Waals surface area contributed by atoms with Crippen molar-refractivity contribution in [2.45, 2.75) is 37.0 Å². The number of benzene rings is 3. The Balaban J connectivity index is 2.01. The molecule has 0 aliphatic heterocycles. The van der Waals surface area contributed by atoms with Crippen molar-refractivity contribution in [2.24, 2.45) is 20.5 Å². The normalized spacial score (nSPS) is 12.5. The summed E-state index contributed by atoms with van der Waals surface area (Å²) in [5.74, 6) is -0.301. The lowest BCUT2D eigenvalue weighted by atomic mass is 10.1. The molecule has 0 aliphatic rings. The van der Waals surface area contributed by atoms with Crippen LogP contribution in [0.25, 0.3) is 0 Å². The first-order valence-electron chi connectivity index (χ1n) is 11.4. The average Bonchev–Trinajstić information content (AvgIpc) is 2.82. The number of thiol groups is 1. The molecule has 0 heterocycles. The van der Waals surface area contributed by atoms with Gasteiger partial charge in [0.2, 0.25) is 0 Å². The van der Waals surface area contributed by atoms with Crippen LogP contribution in [0.5, 0.6) is 5.75 Å². The summed E-state index contributed by atoms with van der Waals surface area (Å²) in [5.41, 5.74) is 9.87. The first-order chi connectivity index (χ1) is 18.1. The number of anilines is 1. The minimum Gasteiger partial charge on any atom is -0.491 e. The summed E-state index contributed by atoms with van der Waals surface area (Å²) in [7, 11) is -8.75. The van der Waals surface area contributed by atoms with E-state index in [2.05, 4.69) is 33.1 Å². The summed E-state index contributed by atoms with van der Waals surface area (Å²) >= 11 is 4.09. The number of azo groups is 2. The molecule has 4 N–H and O–H groups in total. The first kappa shape index (κ1) is 30.2. The third-order valence-electron chi connectivity index (χ3n) is 5.42. The fourth-order valence-corrected chi connectivity index (χ4v) is 4.75. The molecule has 0 saturated heterocycles. The monoisotopic (exact) mass is 593 g/mol. The van der Waals surface area contributed by atoms with E-state index in [9.17, 15) is 21.4 Å². The zero-order valence-electron chi connectivity index (χ0n) is 21.2. The molecule has 3 aromatic rings. The van der Waals surface area contributed by atoms with Gasteiger partial charge < -0.3 is 10.5 Å². The highest BCUT2D eigenvalue weighted by molar-refractivity contribution is 7.86. The zero-order valence-corrected chi connectivity index (χ0v) is 23.8. The molecule has 39 heavy (non-hydrogen) atoms. The molecule has 0 aliphatic carbocycles. The maximum Gasteiger partial charge on any atom is 0.296 e. The summed E-state index contributed by atoms with van der Waals surface area (Å²) in [6.07, 6.45) is 0.00417. The fourth-order valence-electron chi connectivity index (χ4n) is 3.33. The fraction of sp³-hybridized carbons (Fsp3) is 0.250. The minimum atomic E-state index is -4.59. The molecule has 0 spiro atoms. The van der Waals surface area contributed by atoms with Crippen molar-refractivity contribution in [3.05, 3.63) is 59.2 Å². The van der Waals surface area contributed by atoms with Gasteiger partial charge in [-0.05, 0) is 80.3 Å². The molecule has 0 unspecified atom stereocenters. The average molecular weight is 594 g/mol. The van der Waals surface area contributed by atoms with Gasteiger partial charge in [-0.2, -0.15) is 27.1 Å². The highest BCUT2D eigenvalue weighted by atomic mass is 32.2. The molecule has 0 saturated carbocycles. The van der Waals surface area contributed by atoms with E-state index in [1.54, 1.807) is 25.1 Å². The maximum absolute atomic E-state index is 11.8. The lowest BCUT2D eigenvalue weighted by molar-refractivity contribution is 0.317. The van der Waals surface area contributed by atoms with Gasteiger partial charge >= 0.3 is 0 Å². The Hall–Kier alpha value is -3.37. The third kappa shape index (κ3) is 8.56. The number of ether oxygens (including phenoxy) is 1. The van der Waals surface area contributed by atoms with E-state index < -0.39 is 30.9 Å². The van der Waals surface area contributed by atoms with Gasteiger partial charge in [-0.1, -0.05) is 0 Å². The molecule has 208 valence electrons. The van der Waals surface area contributed by atoms with Gasteiger partial charge in [-0.25, -0.2) is 0 Å². The second kappa shape index (κ2) is 12.2. The lowest BCUT2D eigenvalue weighted by Crippen LogP contribution is -2.08. The number of rotatable bonds is 10. The number of hydrogen-bond acceptors (Lipinski definition) is 11. The Morgan fingerprint density at radius 3 is 2.00 bits per heavy atom. The van der Waals surface area contributed by atoms with Crippen LogP contribution in [0.3, 0.4) is 0 Å². The number of nitrogens with zero attached hydrogens (tertiary/aromatic N) is 4. The van der Waals surface area contributed by atoms with E-state index in [4.69, 9.17) is 15.0 Å². The summed E-state index contributed by atoms with van der Waals surface area (Å²) < 4.78 is 69.9. The highest BCUT2D eigenvalue weighted by Crippen LogP contribution is 2.38. The Kier molecular flexibility index (Phi) is 9.45. The van der Waals surface area contributed by atoms with Gasteiger partial charge in [-0.3, -0.25) is 9.11 Å². The Bertz CT molecular complexity index is 1670. The second-order valence-corrected chi connectivity index (χ2v) is 12.1. The SMILES string of the molecule is Cc1cc(/N=N\c2cc(C)c(/N=N\c3ccc(S)cc3S(=O)(=O)O)cc2OCCCS(=O)(=O)O)c(C)cc1N. The van der Waals surface area contributed by atoms with Crippen LogP contribution in [0, 0.1) is 20.8 Å². The minimum absolute atomic E-state index is 0.00417. The molecular weight excluding hydrogens is 566 g/mol. The first-order valence-corrected chi connectivity index (χ1v) is 14.9. The number of nitrogen functional groups attached to an aromatic ring is 1. The van der Waals surface area contributed by atoms with E-state index in [1.165, 1.54) is 18.2 Å². The number of hydrogen-bond donors (Lipinski definition) is 4. The Morgan fingerprint density at radius 2 is 1.36 bits per heavy atom. The van der Waals surface area contributed by atoms with E-state index in [-0.39, 0.29) is 30.2 Å². The Morgan fingerprint density at radius 1 is 0.795 bits per heavy atom. The molecule has 12 nitrogen and oxygen atoms in total. The summed E-state index contributed by atoms with van der Waals surface area (Å²) in [5, 5.41) is 16.7. The quantitative estimate of drug-likeness (QED) is 0.0699. The van der Waals surface area contributed by atoms with Crippen molar-refractivity contribution < 1.29 is 30.7 Å². The summed E-state index contributed by atoms with van der Waals surface area (Å²) in [6, 6.07) is 10.7. The highest BCUT2D eigenvalue weighted by Gasteiger charge is 2.17. The van der Waals surface area contributed by atoms with Crippen LogP contribution in [-0.4, -0.2) is 38.3 Å². The molecule has 15 heteroatoms. The van der Waals surface area contributed by atoms with Gasteiger partial charge in [-0.15, -0.1) is 22.9 Å². The van der Waals surface area contributed by atoms with Crippen LogP contribution in [0.15, 0.2) is 72.7 Å². The van der Waals surface area contributed by atoms with Crippen molar-refractivity contribution >= 4 is 61.3 Å². The van der Waals surface area contributed by atoms with Crippen LogP contribution in [0.1, 0.15) is 23.1 Å². The van der Waals surface area contributed by atoms with E-state index in [0.29, 0.717) is 27.5 Å². The third-order valence-corrected chi connectivity index (χ3v) is 7.38. The predicted molar refractivity (Wildman–Crippen MR) is 150 cm³/mol. The smallest absolute Gasteiger partial charge is 0.296 e. The van der Waals surface area contributed by atoms with Crippen molar-refractivity contribution in [2.75, 3.05) is 18.1 Å². The summed E-state index contributed by atoms with van der Waals surface area (Å²) in [4.78, 5) is -0.155. The molecule has 0 atom stereocenters. The largest absolute Gasteiger partial charge is 0.491 e. The van der Waals surface area contributed by atoms with Crippen LogP contribution in [0.4, 0.5) is 28.4 Å². The van der Waals surface area contributed by atoms with Crippen molar-refractivity contribution in [3.63, 3.8) is 0 Å². The van der Waals surface area contributed by atoms with Crippen LogP contribution < -0.4 is 10.5 Å². The van der Waals surface area contributed by atoms with Crippen LogP contribution >= 0.6 is 12.6 Å². The molecule has 0 aromatic heterocycles. The topological polar surface area (TPSA) is 193 Å². The van der Waals surface area contributed by atoms with Crippen molar-refractivity contribution in [3.8, 4) is 5.75 Å². The summed E-state index contributed by atoms with van der Waals surface area (Å²) in [6.45, 7) is 5.33. The van der Waals surface area contributed by atoms with E-state index in [0.717, 1.165) is 17.2 Å². The van der Waals surface area contributed by atoms with Crippen molar-refractivity contribution in [1.82, 2.24) is 0 Å². The van der Waals surface area contributed by atoms with E-state index >= 15 is 0 Å². The van der Waals surface area contributed by atoms with Gasteiger partial charge in [0.05, 0.1) is 23.7 Å². The van der Waals surface area contributed by atoms with E-state index in [1.807, 2.05) is 13.8 Å². The van der Waals surface area contributed by atoms with Crippen LogP contribution in [-0.2, 0) is 20.2 Å². The Labute approximate surface area is 231 Å². The van der Waals surface area contributed by atoms with Gasteiger partial charge in [0, 0.05) is 16.6 Å². The zero-order chi connectivity index (χ0) is 29.0. The molecule has 0 fully saturated rings. The molecule has 0 amide bonds. The number of nitrogens with two attached hydrogens (primary N) is 1.